The molecule has 2 bridgehead atoms. The normalized spacial score (nSPS) is 22.6. The first-order valence-corrected chi connectivity index (χ1v) is 13.2. The highest BCUT2D eigenvalue weighted by Gasteiger charge is 2.57. The maximum atomic E-state index is 13.4. The minimum Gasteiger partial charge on any atom is -0.369 e. The Labute approximate surface area is 218 Å². The van der Waals surface area contributed by atoms with Crippen molar-refractivity contribution >= 4 is 34.7 Å². The number of hydrogen-bond donors (Lipinski definition) is 3. The fourth-order valence-corrected chi connectivity index (χ4v) is 5.73. The molecular weight excluding hydrogens is 462 g/mol. The van der Waals surface area contributed by atoms with Gasteiger partial charge in [-0.25, -0.2) is 4.98 Å². The molecule has 4 aliphatic rings. The monoisotopic (exact) mass is 497 g/mol. The molecule has 2 aromatic carbocycles. The summed E-state index contributed by atoms with van der Waals surface area (Å²) in [5.41, 5.74) is 5.58. The molecule has 0 unspecified atom stereocenters. The van der Waals surface area contributed by atoms with E-state index < -0.39 is 0 Å². The minimum atomic E-state index is -0.199. The van der Waals surface area contributed by atoms with Crippen molar-refractivity contribution in [1.29, 1.82) is 0 Å². The molecule has 4 fully saturated rings. The highest BCUT2D eigenvalue weighted by atomic mass is 16.1. The van der Waals surface area contributed by atoms with Crippen molar-refractivity contribution in [1.82, 2.24) is 14.9 Å². The van der Waals surface area contributed by atoms with Crippen LogP contribution < -0.4 is 20.9 Å². The van der Waals surface area contributed by atoms with Crippen LogP contribution >= 0.6 is 0 Å². The summed E-state index contributed by atoms with van der Waals surface area (Å²) < 4.78 is 0. The molecule has 3 aliphatic carbocycles. The van der Waals surface area contributed by atoms with E-state index in [1.54, 1.807) is 6.20 Å². The highest BCUT2D eigenvalue weighted by Crippen LogP contribution is 2.58. The molecule has 3 aromatic rings. The van der Waals surface area contributed by atoms with Crippen molar-refractivity contribution in [3.63, 3.8) is 0 Å². The number of rotatable bonds is 7. The average molecular weight is 498 g/mol. The van der Waals surface area contributed by atoms with Crippen LogP contribution in [0.2, 0.25) is 0 Å². The van der Waals surface area contributed by atoms with Crippen LogP contribution in [0, 0.1) is 19.8 Å². The molecule has 1 aromatic heterocycles. The topological polar surface area (TPSA) is 85.4 Å². The number of aryl methyl sites for hydroxylation is 2. The fourth-order valence-electron chi connectivity index (χ4n) is 5.73. The summed E-state index contributed by atoms with van der Waals surface area (Å²) in [6.07, 6.45) is 5.06. The zero-order chi connectivity index (χ0) is 25.6. The number of benzene rings is 2. The zero-order valence-corrected chi connectivity index (χ0v) is 21.8. The van der Waals surface area contributed by atoms with Gasteiger partial charge in [0.1, 0.15) is 11.4 Å². The molecule has 2 heterocycles. The average Bonchev–Trinajstić information content (AvgIpc) is 2.84. The SMILES string of the molecule is Cc1cccc(C)c1NC(=O)c1cnc(Nc2ccc(N3CCN(C)CC3)cc2)nc1NC12CC(C1)C2. The lowest BCUT2D eigenvalue weighted by molar-refractivity contribution is 0.00177. The van der Waals surface area contributed by atoms with Crippen LogP contribution in [0.4, 0.5) is 28.8 Å². The van der Waals surface area contributed by atoms with Gasteiger partial charge in [0.2, 0.25) is 5.95 Å². The van der Waals surface area contributed by atoms with Gasteiger partial charge < -0.3 is 25.8 Å². The lowest BCUT2D eigenvalue weighted by Crippen LogP contribution is -2.63. The summed E-state index contributed by atoms with van der Waals surface area (Å²) in [4.78, 5) is 27.4. The standard InChI is InChI=1S/C29H35N7O/c1-19-5-4-6-20(2)25(19)32-27(37)24-18-30-28(33-26(24)34-29-15-21(16-29)17-29)31-22-7-9-23(10-8-22)36-13-11-35(3)12-14-36/h4-10,18,21H,11-17H2,1-3H3,(H,32,37)(H2,30,31,33,34). The number of nitrogens with zero attached hydrogens (tertiary/aromatic N) is 4. The smallest absolute Gasteiger partial charge is 0.261 e. The Balaban J connectivity index is 1.21. The van der Waals surface area contributed by atoms with E-state index in [-0.39, 0.29) is 11.4 Å². The van der Waals surface area contributed by atoms with Crippen LogP contribution in [0.25, 0.3) is 0 Å². The number of aromatic nitrogens is 2. The van der Waals surface area contributed by atoms with Gasteiger partial charge in [0.05, 0.1) is 0 Å². The van der Waals surface area contributed by atoms with E-state index in [1.807, 2.05) is 32.0 Å². The summed E-state index contributed by atoms with van der Waals surface area (Å²) in [6.45, 7) is 8.24. The summed E-state index contributed by atoms with van der Waals surface area (Å²) >= 11 is 0. The molecule has 0 atom stereocenters. The Morgan fingerprint density at radius 2 is 1.65 bits per heavy atom. The molecule has 8 nitrogen and oxygen atoms in total. The number of nitrogens with one attached hydrogen (secondary N) is 3. The quantitative estimate of drug-likeness (QED) is 0.432. The molecule has 1 saturated heterocycles. The lowest BCUT2D eigenvalue weighted by Gasteiger charge is -2.62. The fraction of sp³-hybridized carbons (Fsp3) is 0.414. The third-order valence-electron chi connectivity index (χ3n) is 8.17. The Morgan fingerprint density at radius 1 is 0.973 bits per heavy atom. The van der Waals surface area contributed by atoms with Gasteiger partial charge >= 0.3 is 0 Å². The van der Waals surface area contributed by atoms with Gasteiger partial charge in [-0.3, -0.25) is 4.79 Å². The molecule has 0 radical (unpaired) electrons. The second-order valence-corrected chi connectivity index (χ2v) is 11.0. The second-order valence-electron chi connectivity index (χ2n) is 11.0. The predicted molar refractivity (Wildman–Crippen MR) is 149 cm³/mol. The molecular formula is C29H35N7O. The Hall–Kier alpha value is -3.65. The highest BCUT2D eigenvalue weighted by molar-refractivity contribution is 6.08. The number of para-hydroxylation sites is 1. The number of carbonyl (C=O) groups is 1. The van der Waals surface area contributed by atoms with E-state index >= 15 is 0 Å². The van der Waals surface area contributed by atoms with E-state index in [9.17, 15) is 4.79 Å². The van der Waals surface area contributed by atoms with E-state index in [2.05, 4.69) is 62.0 Å². The van der Waals surface area contributed by atoms with Crippen molar-refractivity contribution in [2.24, 2.45) is 5.92 Å². The van der Waals surface area contributed by atoms with Gasteiger partial charge in [0.15, 0.2) is 0 Å². The maximum absolute atomic E-state index is 13.4. The molecule has 37 heavy (non-hydrogen) atoms. The molecule has 0 spiro atoms. The number of piperazine rings is 1. The number of hydrogen-bond acceptors (Lipinski definition) is 7. The molecule has 8 heteroatoms. The third-order valence-corrected chi connectivity index (χ3v) is 8.17. The number of anilines is 5. The van der Waals surface area contributed by atoms with Crippen LogP contribution in [0.5, 0.6) is 0 Å². The largest absolute Gasteiger partial charge is 0.369 e. The number of carbonyl (C=O) groups excluding carboxylic acids is 1. The van der Waals surface area contributed by atoms with Crippen LogP contribution in [-0.2, 0) is 0 Å². The third kappa shape index (κ3) is 4.73. The van der Waals surface area contributed by atoms with Crippen molar-refractivity contribution in [3.05, 3.63) is 65.4 Å². The predicted octanol–water partition coefficient (Wildman–Crippen LogP) is 4.81. The summed E-state index contributed by atoms with van der Waals surface area (Å²) in [6, 6.07) is 14.4. The summed E-state index contributed by atoms with van der Waals surface area (Å²) in [5.74, 6) is 1.69. The van der Waals surface area contributed by atoms with E-state index in [1.165, 1.54) is 5.69 Å². The first-order valence-electron chi connectivity index (χ1n) is 13.2. The van der Waals surface area contributed by atoms with Gasteiger partial charge in [-0.2, -0.15) is 4.98 Å². The van der Waals surface area contributed by atoms with E-state index in [0.717, 1.165) is 73.9 Å². The van der Waals surface area contributed by atoms with Gasteiger partial charge in [0.25, 0.3) is 5.91 Å². The maximum Gasteiger partial charge on any atom is 0.261 e. The molecule has 3 saturated carbocycles. The molecule has 7 rings (SSSR count). The van der Waals surface area contributed by atoms with Crippen LogP contribution in [0.1, 0.15) is 40.7 Å². The lowest BCUT2D eigenvalue weighted by atomic mass is 9.50. The van der Waals surface area contributed by atoms with E-state index in [4.69, 9.17) is 4.98 Å². The van der Waals surface area contributed by atoms with Crippen LogP contribution in [0.3, 0.4) is 0 Å². The zero-order valence-electron chi connectivity index (χ0n) is 21.8. The molecule has 1 amide bonds. The minimum absolute atomic E-state index is 0.0774. The molecule has 192 valence electrons. The first kappa shape index (κ1) is 23.7. The van der Waals surface area contributed by atoms with Crippen LogP contribution in [0.15, 0.2) is 48.7 Å². The van der Waals surface area contributed by atoms with E-state index in [0.29, 0.717) is 17.3 Å². The van der Waals surface area contributed by atoms with Crippen LogP contribution in [-0.4, -0.2) is 59.5 Å². The second kappa shape index (κ2) is 9.34. The van der Waals surface area contributed by atoms with Gasteiger partial charge in [-0.05, 0) is 81.5 Å². The van der Waals surface area contributed by atoms with Gasteiger partial charge in [-0.15, -0.1) is 0 Å². The molecule has 3 N–H and O–H groups in total. The summed E-state index contributed by atoms with van der Waals surface area (Å²) in [5, 5.41) is 10.0. The molecule has 1 aliphatic heterocycles. The van der Waals surface area contributed by atoms with Crippen molar-refractivity contribution in [2.75, 3.05) is 54.1 Å². The Kier molecular flexibility index (Phi) is 5.99. The summed E-state index contributed by atoms with van der Waals surface area (Å²) in [7, 11) is 2.17. The van der Waals surface area contributed by atoms with Crippen molar-refractivity contribution < 1.29 is 4.79 Å². The Bertz CT molecular complexity index is 1280. The first-order chi connectivity index (χ1) is 17.9. The van der Waals surface area contributed by atoms with Gasteiger partial charge in [-0.1, -0.05) is 18.2 Å². The number of amides is 1. The Morgan fingerprint density at radius 3 is 2.27 bits per heavy atom. The van der Waals surface area contributed by atoms with Crippen molar-refractivity contribution in [2.45, 2.75) is 38.6 Å². The number of likely N-dealkylation sites (N-methyl/N-ethyl adjacent to an activating group) is 1. The van der Waals surface area contributed by atoms with Gasteiger partial charge in [0, 0.05) is 55.0 Å². The van der Waals surface area contributed by atoms with Crippen molar-refractivity contribution in [3.8, 4) is 0 Å².